The zero-order valence-corrected chi connectivity index (χ0v) is 11.3. The summed E-state index contributed by atoms with van der Waals surface area (Å²) in [4.78, 5) is 0. The van der Waals surface area contributed by atoms with Crippen molar-refractivity contribution in [3.63, 3.8) is 0 Å². The summed E-state index contributed by atoms with van der Waals surface area (Å²) in [5.74, 6) is 4.53. The first kappa shape index (κ1) is 14.6. The molecule has 0 aliphatic rings. The molecule has 98 valence electrons. The molecule has 0 fully saturated rings. The van der Waals surface area contributed by atoms with Crippen LogP contribution in [-0.2, 0) is 20.2 Å². The summed E-state index contributed by atoms with van der Waals surface area (Å²) in [5.41, 5.74) is 2.36. The van der Waals surface area contributed by atoms with Crippen molar-refractivity contribution in [2.45, 2.75) is 19.6 Å². The van der Waals surface area contributed by atoms with Crippen molar-refractivity contribution in [2.24, 2.45) is 5.90 Å². The largest absolute Gasteiger partial charge is 0.287 e. The lowest BCUT2D eigenvalue weighted by Gasteiger charge is -2.09. The van der Waals surface area contributed by atoms with Gasteiger partial charge in [-0.05, 0) is 30.5 Å². The predicted octanol–water partition coefficient (Wildman–Crippen LogP) is 2.47. The van der Waals surface area contributed by atoms with E-state index in [9.17, 15) is 8.42 Å². The number of rotatable bonds is 5. The van der Waals surface area contributed by atoms with Crippen LogP contribution >= 0.6 is 0 Å². The van der Waals surface area contributed by atoms with E-state index >= 15 is 0 Å². The standard InChI is InChI=1S/C13H17NO3S/c1-3-6-11-8-5-9-12(7-4-2)13(11)10-18(15,16)17-14/h3-9H,10,14H2,1-2H3. The molecule has 0 aliphatic carbocycles. The number of hydrogen-bond donors (Lipinski definition) is 1. The monoisotopic (exact) mass is 267 g/mol. The SMILES string of the molecule is CC=Cc1cccc(C=CC)c1CS(=O)(=O)ON. The number of benzene rings is 1. The second kappa shape index (κ2) is 6.49. The van der Waals surface area contributed by atoms with E-state index in [0.29, 0.717) is 5.56 Å². The Morgan fingerprint density at radius 1 is 1.17 bits per heavy atom. The van der Waals surface area contributed by atoms with Crippen LogP contribution in [0.25, 0.3) is 12.2 Å². The molecule has 0 saturated heterocycles. The van der Waals surface area contributed by atoms with E-state index in [4.69, 9.17) is 5.90 Å². The minimum absolute atomic E-state index is 0.246. The van der Waals surface area contributed by atoms with Gasteiger partial charge in [-0.15, -0.1) is 0 Å². The maximum absolute atomic E-state index is 11.5. The first-order chi connectivity index (χ1) is 8.54. The van der Waals surface area contributed by atoms with Crippen molar-refractivity contribution in [3.05, 3.63) is 47.0 Å². The molecule has 1 aromatic carbocycles. The average Bonchev–Trinajstić information content (AvgIpc) is 2.34. The third-order valence-corrected chi connectivity index (χ3v) is 3.34. The van der Waals surface area contributed by atoms with E-state index in [0.717, 1.165) is 11.1 Å². The van der Waals surface area contributed by atoms with Crippen molar-refractivity contribution in [1.82, 2.24) is 0 Å². The van der Waals surface area contributed by atoms with Crippen LogP contribution in [0.3, 0.4) is 0 Å². The van der Waals surface area contributed by atoms with Crippen LogP contribution in [0, 0.1) is 0 Å². The molecule has 1 aromatic rings. The Morgan fingerprint density at radius 3 is 2.06 bits per heavy atom. The molecule has 0 bridgehead atoms. The number of nitrogens with two attached hydrogens (primary N) is 1. The van der Waals surface area contributed by atoms with Gasteiger partial charge in [-0.3, -0.25) is 0 Å². The van der Waals surface area contributed by atoms with Crippen LogP contribution in [0.15, 0.2) is 30.4 Å². The second-order valence-corrected chi connectivity index (χ2v) is 5.31. The van der Waals surface area contributed by atoms with Crippen LogP contribution in [0.2, 0.25) is 0 Å². The quantitative estimate of drug-likeness (QED) is 0.832. The van der Waals surface area contributed by atoms with Crippen molar-refractivity contribution in [1.29, 1.82) is 0 Å². The molecular weight excluding hydrogens is 250 g/mol. The highest BCUT2D eigenvalue weighted by molar-refractivity contribution is 7.85. The fourth-order valence-electron chi connectivity index (χ4n) is 1.67. The summed E-state index contributed by atoms with van der Waals surface area (Å²) in [6.45, 7) is 3.75. The predicted molar refractivity (Wildman–Crippen MR) is 73.8 cm³/mol. The Balaban J connectivity index is 3.35. The Labute approximate surface area is 108 Å². The van der Waals surface area contributed by atoms with Crippen molar-refractivity contribution < 1.29 is 12.7 Å². The highest BCUT2D eigenvalue weighted by Crippen LogP contribution is 2.21. The van der Waals surface area contributed by atoms with Crippen LogP contribution in [0.4, 0.5) is 0 Å². The van der Waals surface area contributed by atoms with Crippen LogP contribution < -0.4 is 5.90 Å². The lowest BCUT2D eigenvalue weighted by Crippen LogP contribution is -2.14. The molecule has 4 nitrogen and oxygen atoms in total. The third-order valence-electron chi connectivity index (χ3n) is 2.41. The normalized spacial score (nSPS) is 12.6. The molecule has 1 rings (SSSR count). The summed E-state index contributed by atoms with van der Waals surface area (Å²) < 4.78 is 27.0. The summed E-state index contributed by atoms with van der Waals surface area (Å²) in [6, 6.07) is 5.59. The van der Waals surface area contributed by atoms with Crippen LogP contribution in [-0.4, -0.2) is 8.42 Å². The van der Waals surface area contributed by atoms with Crippen LogP contribution in [0.1, 0.15) is 30.5 Å². The van der Waals surface area contributed by atoms with Gasteiger partial charge in [0.15, 0.2) is 0 Å². The van der Waals surface area contributed by atoms with E-state index in [1.54, 1.807) is 0 Å². The van der Waals surface area contributed by atoms with Crippen molar-refractivity contribution in [3.8, 4) is 0 Å². The van der Waals surface area contributed by atoms with Gasteiger partial charge in [0.05, 0.1) is 0 Å². The lowest BCUT2D eigenvalue weighted by atomic mass is 10.0. The maximum atomic E-state index is 11.5. The molecular formula is C13H17NO3S. The van der Waals surface area contributed by atoms with Crippen molar-refractivity contribution in [2.75, 3.05) is 0 Å². The lowest BCUT2D eigenvalue weighted by molar-refractivity contribution is 0.332. The molecule has 0 aromatic heterocycles. The number of hydrogen-bond acceptors (Lipinski definition) is 4. The zero-order valence-electron chi connectivity index (χ0n) is 10.5. The minimum atomic E-state index is -3.74. The van der Waals surface area contributed by atoms with Gasteiger partial charge in [0.25, 0.3) is 10.1 Å². The molecule has 0 saturated carbocycles. The Bertz CT molecular complexity index is 529. The molecule has 0 radical (unpaired) electrons. The molecule has 0 atom stereocenters. The second-order valence-electron chi connectivity index (χ2n) is 3.71. The molecule has 2 N–H and O–H groups in total. The van der Waals surface area contributed by atoms with Gasteiger partial charge in [0.2, 0.25) is 0 Å². The molecule has 0 heterocycles. The number of allylic oxidation sites excluding steroid dienone is 2. The van der Waals surface area contributed by atoms with E-state index in [-0.39, 0.29) is 5.75 Å². The van der Waals surface area contributed by atoms with Gasteiger partial charge < -0.3 is 0 Å². The van der Waals surface area contributed by atoms with Gasteiger partial charge >= 0.3 is 0 Å². The van der Waals surface area contributed by atoms with E-state index in [2.05, 4.69) is 4.28 Å². The third kappa shape index (κ3) is 3.80. The van der Waals surface area contributed by atoms with E-state index < -0.39 is 10.1 Å². The Hall–Kier alpha value is -1.43. The van der Waals surface area contributed by atoms with Gasteiger partial charge in [-0.25, -0.2) is 0 Å². The minimum Gasteiger partial charge on any atom is -0.198 e. The summed E-state index contributed by atoms with van der Waals surface area (Å²) in [6.07, 6.45) is 7.42. The molecule has 0 aliphatic heterocycles. The molecule has 0 amide bonds. The Kier molecular flexibility index (Phi) is 5.27. The fourth-order valence-corrected chi connectivity index (χ4v) is 2.43. The van der Waals surface area contributed by atoms with Gasteiger partial charge in [0.1, 0.15) is 5.75 Å². The molecule has 5 heteroatoms. The van der Waals surface area contributed by atoms with Gasteiger partial charge in [0, 0.05) is 0 Å². The smallest absolute Gasteiger partial charge is 0.198 e. The van der Waals surface area contributed by atoms with E-state index in [1.165, 1.54) is 0 Å². The van der Waals surface area contributed by atoms with Crippen molar-refractivity contribution >= 4 is 22.3 Å². The Morgan fingerprint density at radius 2 is 1.67 bits per heavy atom. The highest BCUT2D eigenvalue weighted by Gasteiger charge is 2.15. The topological polar surface area (TPSA) is 69.4 Å². The highest BCUT2D eigenvalue weighted by atomic mass is 32.2. The molecule has 0 unspecified atom stereocenters. The summed E-state index contributed by atoms with van der Waals surface area (Å²) in [5, 5.41) is 0. The first-order valence-electron chi connectivity index (χ1n) is 5.52. The van der Waals surface area contributed by atoms with E-state index in [1.807, 2.05) is 56.4 Å². The molecule has 18 heavy (non-hydrogen) atoms. The van der Waals surface area contributed by atoms with Gasteiger partial charge in [-0.1, -0.05) is 42.5 Å². The molecule has 0 spiro atoms. The first-order valence-corrected chi connectivity index (χ1v) is 7.10. The van der Waals surface area contributed by atoms with Crippen LogP contribution in [0.5, 0.6) is 0 Å². The summed E-state index contributed by atoms with van der Waals surface area (Å²) in [7, 11) is -3.74. The average molecular weight is 267 g/mol. The zero-order chi connectivity index (χ0) is 13.6. The summed E-state index contributed by atoms with van der Waals surface area (Å²) >= 11 is 0. The van der Waals surface area contributed by atoms with Gasteiger partial charge in [-0.2, -0.15) is 18.6 Å². The fraction of sp³-hybridized carbons (Fsp3) is 0.231. The maximum Gasteiger partial charge on any atom is 0.287 e.